The second-order valence-corrected chi connectivity index (χ2v) is 8.56. The largest absolute Gasteiger partial charge is 0.375 e. The SMILES string of the molecule is C/C(=N\Nc1ccc(S(=O)(=O)c2ccc(C)cc2)cc1)c1csc(N)n1. The maximum absolute atomic E-state index is 12.6. The van der Waals surface area contributed by atoms with E-state index in [1.54, 1.807) is 48.5 Å². The molecule has 3 aromatic rings. The summed E-state index contributed by atoms with van der Waals surface area (Å²) in [5.41, 5.74) is 11.6. The first-order valence-electron chi connectivity index (χ1n) is 7.80. The number of anilines is 2. The molecule has 3 N–H and O–H groups in total. The van der Waals surface area contributed by atoms with Crippen LogP contribution in [0.4, 0.5) is 10.8 Å². The number of benzene rings is 2. The maximum Gasteiger partial charge on any atom is 0.206 e. The lowest BCUT2D eigenvalue weighted by Gasteiger charge is -2.07. The third-order valence-electron chi connectivity index (χ3n) is 3.74. The number of thiazole rings is 1. The second-order valence-electron chi connectivity index (χ2n) is 5.72. The smallest absolute Gasteiger partial charge is 0.206 e. The first-order chi connectivity index (χ1) is 12.4. The molecule has 8 heteroatoms. The molecule has 1 heterocycles. The van der Waals surface area contributed by atoms with E-state index in [2.05, 4.69) is 15.5 Å². The zero-order valence-corrected chi connectivity index (χ0v) is 15.9. The number of nitrogen functional groups attached to an aromatic ring is 1. The minimum atomic E-state index is -3.53. The van der Waals surface area contributed by atoms with Crippen LogP contribution in [0.1, 0.15) is 18.2 Å². The molecule has 0 spiro atoms. The van der Waals surface area contributed by atoms with Crippen LogP contribution in [0, 0.1) is 6.92 Å². The van der Waals surface area contributed by atoms with Crippen molar-refractivity contribution in [3.8, 4) is 0 Å². The first-order valence-corrected chi connectivity index (χ1v) is 10.2. The van der Waals surface area contributed by atoms with Crippen molar-refractivity contribution in [2.45, 2.75) is 23.6 Å². The molecular formula is C18H18N4O2S2. The number of hydrazone groups is 1. The summed E-state index contributed by atoms with van der Waals surface area (Å²) in [7, 11) is -3.53. The number of nitrogens with one attached hydrogen (secondary N) is 1. The predicted octanol–water partition coefficient (Wildman–Crippen LogP) is 3.70. The Morgan fingerprint density at radius 1 is 1.08 bits per heavy atom. The van der Waals surface area contributed by atoms with Crippen LogP contribution in [0.2, 0.25) is 0 Å². The van der Waals surface area contributed by atoms with Gasteiger partial charge in [-0.1, -0.05) is 17.7 Å². The van der Waals surface area contributed by atoms with Crippen LogP contribution in [0.25, 0.3) is 0 Å². The molecule has 0 atom stereocenters. The Balaban J connectivity index is 1.77. The van der Waals surface area contributed by atoms with Gasteiger partial charge < -0.3 is 5.73 Å². The number of aryl methyl sites for hydroxylation is 1. The Kier molecular flexibility index (Phi) is 5.06. The topological polar surface area (TPSA) is 97.4 Å². The van der Waals surface area contributed by atoms with Gasteiger partial charge in [0.15, 0.2) is 5.13 Å². The van der Waals surface area contributed by atoms with Gasteiger partial charge in [-0.2, -0.15) is 5.10 Å². The molecule has 0 aliphatic carbocycles. The van der Waals surface area contributed by atoms with Gasteiger partial charge in [0.2, 0.25) is 9.84 Å². The normalized spacial score (nSPS) is 12.2. The number of aromatic nitrogens is 1. The fraction of sp³-hybridized carbons (Fsp3) is 0.111. The summed E-state index contributed by atoms with van der Waals surface area (Å²) in [6, 6.07) is 13.3. The summed E-state index contributed by atoms with van der Waals surface area (Å²) in [5, 5.41) is 6.56. The first kappa shape index (κ1) is 18.1. The maximum atomic E-state index is 12.6. The van der Waals surface area contributed by atoms with Crippen LogP contribution in [0.15, 0.2) is 68.8 Å². The average Bonchev–Trinajstić information content (AvgIpc) is 3.07. The van der Waals surface area contributed by atoms with Crippen LogP contribution in [0.3, 0.4) is 0 Å². The van der Waals surface area contributed by atoms with Gasteiger partial charge in [0.05, 0.1) is 26.9 Å². The molecule has 26 heavy (non-hydrogen) atoms. The van der Waals surface area contributed by atoms with Gasteiger partial charge in [-0.3, -0.25) is 5.43 Å². The molecule has 0 radical (unpaired) electrons. The third kappa shape index (κ3) is 3.92. The van der Waals surface area contributed by atoms with E-state index in [1.807, 2.05) is 19.2 Å². The van der Waals surface area contributed by atoms with Crippen molar-refractivity contribution in [2.75, 3.05) is 11.2 Å². The number of hydrogen-bond acceptors (Lipinski definition) is 7. The van der Waals surface area contributed by atoms with Crippen molar-refractivity contribution in [1.82, 2.24) is 4.98 Å². The zero-order valence-electron chi connectivity index (χ0n) is 14.3. The molecule has 2 aromatic carbocycles. The van der Waals surface area contributed by atoms with E-state index < -0.39 is 9.84 Å². The molecule has 0 saturated heterocycles. The monoisotopic (exact) mass is 386 g/mol. The van der Waals surface area contributed by atoms with Crippen LogP contribution >= 0.6 is 11.3 Å². The number of nitrogens with zero attached hydrogens (tertiary/aromatic N) is 2. The highest BCUT2D eigenvalue weighted by molar-refractivity contribution is 7.91. The molecule has 0 fully saturated rings. The highest BCUT2D eigenvalue weighted by atomic mass is 32.2. The molecule has 6 nitrogen and oxygen atoms in total. The Morgan fingerprint density at radius 2 is 1.65 bits per heavy atom. The van der Waals surface area contributed by atoms with Gasteiger partial charge >= 0.3 is 0 Å². The summed E-state index contributed by atoms with van der Waals surface area (Å²) < 4.78 is 25.3. The van der Waals surface area contributed by atoms with Crippen LogP contribution in [-0.4, -0.2) is 19.1 Å². The van der Waals surface area contributed by atoms with Gasteiger partial charge in [0.25, 0.3) is 0 Å². The fourth-order valence-corrected chi connectivity index (χ4v) is 4.09. The van der Waals surface area contributed by atoms with Crippen molar-refractivity contribution < 1.29 is 8.42 Å². The van der Waals surface area contributed by atoms with Gasteiger partial charge in [-0.25, -0.2) is 13.4 Å². The lowest BCUT2D eigenvalue weighted by molar-refractivity contribution is 0.596. The van der Waals surface area contributed by atoms with Crippen LogP contribution in [-0.2, 0) is 9.84 Å². The number of sulfone groups is 1. The van der Waals surface area contributed by atoms with E-state index in [0.29, 0.717) is 22.2 Å². The van der Waals surface area contributed by atoms with Gasteiger partial charge in [0, 0.05) is 5.38 Å². The van der Waals surface area contributed by atoms with E-state index in [-0.39, 0.29) is 9.79 Å². The Bertz CT molecular complexity index is 1040. The van der Waals surface area contributed by atoms with Crippen molar-refractivity contribution in [2.24, 2.45) is 5.10 Å². The molecule has 0 unspecified atom stereocenters. The zero-order chi connectivity index (χ0) is 18.7. The van der Waals surface area contributed by atoms with E-state index in [4.69, 9.17) is 5.73 Å². The highest BCUT2D eigenvalue weighted by Crippen LogP contribution is 2.22. The molecule has 1 aromatic heterocycles. The van der Waals surface area contributed by atoms with E-state index in [9.17, 15) is 8.42 Å². The van der Waals surface area contributed by atoms with Gasteiger partial charge in [0.1, 0.15) is 0 Å². The summed E-state index contributed by atoms with van der Waals surface area (Å²) in [4.78, 5) is 4.67. The summed E-state index contributed by atoms with van der Waals surface area (Å²) >= 11 is 1.35. The number of hydrogen-bond donors (Lipinski definition) is 2. The Morgan fingerprint density at radius 3 is 2.19 bits per heavy atom. The molecule has 0 bridgehead atoms. The van der Waals surface area contributed by atoms with E-state index >= 15 is 0 Å². The van der Waals surface area contributed by atoms with E-state index in [0.717, 1.165) is 5.56 Å². The number of nitrogens with two attached hydrogens (primary N) is 1. The minimum Gasteiger partial charge on any atom is -0.375 e. The highest BCUT2D eigenvalue weighted by Gasteiger charge is 2.17. The van der Waals surface area contributed by atoms with Crippen molar-refractivity contribution in [3.05, 3.63) is 65.2 Å². The molecule has 0 saturated carbocycles. The molecule has 0 aliphatic heterocycles. The molecule has 134 valence electrons. The van der Waals surface area contributed by atoms with Crippen molar-refractivity contribution in [3.63, 3.8) is 0 Å². The summed E-state index contributed by atoms with van der Waals surface area (Å²) in [6.07, 6.45) is 0. The second kappa shape index (κ2) is 7.27. The van der Waals surface area contributed by atoms with Gasteiger partial charge in [-0.05, 0) is 50.2 Å². The lowest BCUT2D eigenvalue weighted by Crippen LogP contribution is -2.03. The average molecular weight is 387 g/mol. The molecule has 0 aliphatic rings. The Labute approximate surface area is 156 Å². The van der Waals surface area contributed by atoms with Crippen LogP contribution < -0.4 is 11.2 Å². The Hall–Kier alpha value is -2.71. The number of rotatable bonds is 5. The third-order valence-corrected chi connectivity index (χ3v) is 6.20. The molecular weight excluding hydrogens is 368 g/mol. The summed E-state index contributed by atoms with van der Waals surface area (Å²) in [5.74, 6) is 0. The molecule has 3 rings (SSSR count). The van der Waals surface area contributed by atoms with Crippen molar-refractivity contribution in [1.29, 1.82) is 0 Å². The van der Waals surface area contributed by atoms with E-state index in [1.165, 1.54) is 11.3 Å². The van der Waals surface area contributed by atoms with Gasteiger partial charge in [-0.15, -0.1) is 11.3 Å². The standard InChI is InChI=1S/C18H18N4O2S2/c1-12-3-7-15(8-4-12)26(23,24)16-9-5-14(6-10-16)22-21-13(2)17-11-25-18(19)20-17/h3-11,22H,1-2H3,(H2,19,20)/b21-13+. The molecule has 0 amide bonds. The fourth-order valence-electron chi connectivity index (χ4n) is 2.22. The predicted molar refractivity (Wildman–Crippen MR) is 105 cm³/mol. The van der Waals surface area contributed by atoms with Crippen LogP contribution in [0.5, 0.6) is 0 Å². The lowest BCUT2D eigenvalue weighted by atomic mass is 10.2. The minimum absolute atomic E-state index is 0.236. The quantitative estimate of drug-likeness (QED) is 0.515. The summed E-state index contributed by atoms with van der Waals surface area (Å²) in [6.45, 7) is 3.73. The van der Waals surface area contributed by atoms with Crippen molar-refractivity contribution >= 4 is 37.7 Å².